The summed E-state index contributed by atoms with van der Waals surface area (Å²) < 4.78 is 18.5. The molecule has 5 rings (SSSR count). The van der Waals surface area contributed by atoms with E-state index in [-0.39, 0.29) is 17.7 Å². The van der Waals surface area contributed by atoms with E-state index in [9.17, 15) is 9.59 Å². The third-order valence-electron chi connectivity index (χ3n) is 6.28. The molecule has 0 spiro atoms. The van der Waals surface area contributed by atoms with E-state index in [2.05, 4.69) is 0 Å². The van der Waals surface area contributed by atoms with Gasteiger partial charge in [-0.2, -0.15) is 0 Å². The van der Waals surface area contributed by atoms with Gasteiger partial charge in [0.2, 0.25) is 0 Å². The maximum atomic E-state index is 14.0. The lowest BCUT2D eigenvalue weighted by molar-refractivity contribution is -0.138. The van der Waals surface area contributed by atoms with Gasteiger partial charge in [0.1, 0.15) is 0 Å². The van der Waals surface area contributed by atoms with Gasteiger partial charge in [-0.1, -0.05) is 77.5 Å². The summed E-state index contributed by atoms with van der Waals surface area (Å²) in [5, 5.41) is 0.543. The number of para-hydroxylation sites is 1. The lowest BCUT2D eigenvalue weighted by Gasteiger charge is -2.25. The van der Waals surface area contributed by atoms with Gasteiger partial charge in [0, 0.05) is 16.1 Å². The second kappa shape index (κ2) is 11.3. The summed E-state index contributed by atoms with van der Waals surface area (Å²) in [5.41, 5.74) is 2.57. The molecule has 0 N–H and O–H groups in total. The molecule has 0 radical (unpaired) electrons. The smallest absolute Gasteiger partial charge is 0.338 e. The molecule has 3 aromatic carbocycles. The summed E-state index contributed by atoms with van der Waals surface area (Å²) in [7, 11) is 3.11. The molecule has 4 aromatic rings. The predicted octanol–water partition coefficient (Wildman–Crippen LogP) is 4.61. The average molecular weight is 561 g/mol. The quantitative estimate of drug-likeness (QED) is 0.309. The van der Waals surface area contributed by atoms with Gasteiger partial charge in [0.25, 0.3) is 5.56 Å². The number of thiazole rings is 1. The monoisotopic (exact) mass is 560 g/mol. The van der Waals surface area contributed by atoms with Crippen LogP contribution < -0.4 is 24.4 Å². The Bertz CT molecular complexity index is 1740. The van der Waals surface area contributed by atoms with Crippen molar-refractivity contribution in [3.8, 4) is 11.5 Å². The fourth-order valence-corrected chi connectivity index (χ4v) is 5.69. The maximum absolute atomic E-state index is 14.0. The third kappa shape index (κ3) is 5.01. The summed E-state index contributed by atoms with van der Waals surface area (Å²) in [4.78, 5) is 32.8. The lowest BCUT2D eigenvalue weighted by Crippen LogP contribution is -2.40. The van der Waals surface area contributed by atoms with Crippen molar-refractivity contribution >= 4 is 40.7 Å². The summed E-state index contributed by atoms with van der Waals surface area (Å²) in [5.74, 6) is 0.523. The number of ether oxygens (including phenoxy) is 3. The van der Waals surface area contributed by atoms with Crippen LogP contribution in [0.2, 0.25) is 5.02 Å². The maximum Gasteiger partial charge on any atom is 0.338 e. The van der Waals surface area contributed by atoms with Gasteiger partial charge in [-0.05, 0) is 36.8 Å². The van der Waals surface area contributed by atoms with Gasteiger partial charge in [-0.15, -0.1) is 0 Å². The largest absolute Gasteiger partial charge is 0.493 e. The number of nitrogens with zero attached hydrogens (tertiary/aromatic N) is 2. The third-order valence-corrected chi connectivity index (χ3v) is 7.51. The molecule has 0 saturated carbocycles. The lowest BCUT2D eigenvalue weighted by atomic mass is 9.93. The highest BCUT2D eigenvalue weighted by molar-refractivity contribution is 7.07. The number of rotatable bonds is 7. The fourth-order valence-electron chi connectivity index (χ4n) is 4.57. The number of methoxy groups -OCH3 is 2. The highest BCUT2D eigenvalue weighted by atomic mass is 35.5. The van der Waals surface area contributed by atoms with Crippen LogP contribution in [0, 0.1) is 0 Å². The minimum atomic E-state index is -0.776. The van der Waals surface area contributed by atoms with Crippen LogP contribution in [-0.2, 0) is 9.53 Å². The molecule has 0 unspecified atom stereocenters. The molecule has 1 atom stereocenters. The molecule has 0 bridgehead atoms. The molecule has 0 aliphatic carbocycles. The molecule has 7 nitrogen and oxygen atoms in total. The fraction of sp³-hybridized carbons (Fsp3) is 0.167. The van der Waals surface area contributed by atoms with E-state index in [1.54, 1.807) is 50.0 Å². The summed E-state index contributed by atoms with van der Waals surface area (Å²) in [6.07, 6.45) is 1.75. The number of hydrogen-bond donors (Lipinski definition) is 0. The van der Waals surface area contributed by atoms with Crippen molar-refractivity contribution in [1.82, 2.24) is 4.57 Å². The Morgan fingerprint density at radius 2 is 1.77 bits per heavy atom. The molecule has 198 valence electrons. The molecule has 2 heterocycles. The van der Waals surface area contributed by atoms with Gasteiger partial charge in [-0.3, -0.25) is 9.36 Å². The average Bonchev–Trinajstić information content (AvgIpc) is 3.27. The Labute approximate surface area is 233 Å². The van der Waals surface area contributed by atoms with E-state index >= 15 is 0 Å². The minimum absolute atomic E-state index is 0.178. The van der Waals surface area contributed by atoms with E-state index < -0.39 is 12.0 Å². The van der Waals surface area contributed by atoms with Crippen molar-refractivity contribution in [1.29, 1.82) is 0 Å². The van der Waals surface area contributed by atoms with Crippen LogP contribution in [0.5, 0.6) is 11.5 Å². The molecule has 39 heavy (non-hydrogen) atoms. The molecule has 0 amide bonds. The number of carbonyl (C=O) groups is 1. The van der Waals surface area contributed by atoms with Crippen LogP contribution in [0.15, 0.2) is 88.2 Å². The van der Waals surface area contributed by atoms with Crippen molar-refractivity contribution in [2.75, 3.05) is 20.8 Å². The topological polar surface area (TPSA) is 79.1 Å². The normalized spacial score (nSPS) is 15.0. The van der Waals surface area contributed by atoms with Crippen LogP contribution in [0.3, 0.4) is 0 Å². The molecule has 1 aromatic heterocycles. The zero-order valence-electron chi connectivity index (χ0n) is 21.5. The number of carbonyl (C=O) groups excluding carboxylic acids is 1. The second-order valence-electron chi connectivity index (χ2n) is 8.57. The van der Waals surface area contributed by atoms with E-state index in [0.717, 1.165) is 5.56 Å². The van der Waals surface area contributed by atoms with Crippen molar-refractivity contribution in [3.05, 3.63) is 120 Å². The molecule has 9 heteroatoms. The Kier molecular flexibility index (Phi) is 7.67. The molecular weight excluding hydrogens is 536 g/mol. The van der Waals surface area contributed by atoms with Crippen LogP contribution >= 0.6 is 22.9 Å². The standard InChI is InChI=1S/C30H25ClN2O5S/c1-4-38-29(35)24-25(18-9-6-5-7-10-18)32-30-33(26(24)19-13-15-21(31)16-14-19)28(34)23(39-30)17-20-11-8-12-22(36-2)27(20)37-3/h5-17,26H,4H2,1-3H3/b23-17-/t26-/m1/s1. The molecule has 1 aliphatic heterocycles. The van der Waals surface area contributed by atoms with Gasteiger partial charge in [0.05, 0.1) is 42.7 Å². The van der Waals surface area contributed by atoms with Gasteiger partial charge < -0.3 is 14.2 Å². The Balaban J connectivity index is 1.83. The Morgan fingerprint density at radius 1 is 1.03 bits per heavy atom. The van der Waals surface area contributed by atoms with Crippen LogP contribution in [0.25, 0.3) is 11.8 Å². The van der Waals surface area contributed by atoms with Crippen molar-refractivity contribution in [2.45, 2.75) is 13.0 Å². The summed E-state index contributed by atoms with van der Waals surface area (Å²) >= 11 is 7.42. The first-order chi connectivity index (χ1) is 19.0. The first kappa shape index (κ1) is 26.5. The van der Waals surface area contributed by atoms with Gasteiger partial charge in [-0.25, -0.2) is 9.79 Å². The van der Waals surface area contributed by atoms with Crippen LogP contribution in [0.1, 0.15) is 29.7 Å². The van der Waals surface area contributed by atoms with Crippen LogP contribution in [0.4, 0.5) is 0 Å². The highest BCUT2D eigenvalue weighted by Gasteiger charge is 2.35. The molecule has 1 aliphatic rings. The summed E-state index contributed by atoms with van der Waals surface area (Å²) in [6.45, 7) is 1.92. The number of benzene rings is 3. The van der Waals surface area contributed by atoms with Crippen molar-refractivity contribution in [3.63, 3.8) is 0 Å². The minimum Gasteiger partial charge on any atom is -0.493 e. The molecular formula is C30H25ClN2O5S. The number of halogens is 1. The van der Waals surface area contributed by atoms with Gasteiger partial charge >= 0.3 is 5.97 Å². The highest BCUT2D eigenvalue weighted by Crippen LogP contribution is 2.36. The van der Waals surface area contributed by atoms with E-state index in [0.29, 0.717) is 42.7 Å². The summed E-state index contributed by atoms with van der Waals surface area (Å²) in [6, 6.07) is 21.2. The second-order valence-corrected chi connectivity index (χ2v) is 10.0. The molecule has 0 fully saturated rings. The molecule has 0 saturated heterocycles. The number of hydrogen-bond acceptors (Lipinski definition) is 7. The van der Waals surface area contributed by atoms with Gasteiger partial charge in [0.15, 0.2) is 16.3 Å². The zero-order valence-corrected chi connectivity index (χ0v) is 23.1. The number of esters is 1. The SMILES string of the molecule is CCOC(=O)C1=C(c2ccccc2)N=c2s/c(=C\c3cccc(OC)c3OC)c(=O)n2[C@@H]1c1ccc(Cl)cc1. The van der Waals surface area contributed by atoms with E-state index in [1.807, 2.05) is 54.6 Å². The van der Waals surface area contributed by atoms with Crippen LogP contribution in [-0.4, -0.2) is 31.4 Å². The van der Waals surface area contributed by atoms with Crippen molar-refractivity contribution < 1.29 is 19.0 Å². The van der Waals surface area contributed by atoms with E-state index in [4.69, 9.17) is 30.8 Å². The predicted molar refractivity (Wildman–Crippen MR) is 152 cm³/mol. The Morgan fingerprint density at radius 3 is 2.44 bits per heavy atom. The first-order valence-corrected chi connectivity index (χ1v) is 13.4. The van der Waals surface area contributed by atoms with Crippen molar-refractivity contribution in [2.24, 2.45) is 4.99 Å². The number of aromatic nitrogens is 1. The first-order valence-electron chi connectivity index (χ1n) is 12.2. The zero-order chi connectivity index (χ0) is 27.5. The number of fused-ring (bicyclic) bond motifs is 1. The van der Waals surface area contributed by atoms with E-state index in [1.165, 1.54) is 11.3 Å². The Hall–Kier alpha value is -4.14.